The standard InChI is InChI=1S/C20H28N4O/c1-13(2)24-11-9-14(10-12-24)18(21)17-15-7-5-6-8-16(15)20(25)22-19(17)23(3)4/h5-8,13-14,21H,9-12H2,1-4H3,(H,22,25). The van der Waals surface area contributed by atoms with Crippen LogP contribution in [-0.2, 0) is 0 Å². The predicted octanol–water partition coefficient (Wildman–Crippen LogP) is 3.08. The Hall–Kier alpha value is -2.14. The summed E-state index contributed by atoms with van der Waals surface area (Å²) in [5.74, 6) is 0.975. The SMILES string of the molecule is CC(C)N1CCC(C(=N)c2c(N(C)C)[nH]c(=O)c3ccccc23)CC1. The van der Waals surface area contributed by atoms with Crippen LogP contribution in [-0.4, -0.2) is 48.8 Å². The summed E-state index contributed by atoms with van der Waals surface area (Å²) < 4.78 is 0. The number of hydrogen-bond donors (Lipinski definition) is 2. The normalized spacial score (nSPS) is 16.5. The van der Waals surface area contributed by atoms with Gasteiger partial charge in [0.15, 0.2) is 0 Å². The van der Waals surface area contributed by atoms with E-state index in [1.807, 2.05) is 43.3 Å². The van der Waals surface area contributed by atoms with Gasteiger partial charge in [0.05, 0.1) is 0 Å². The Morgan fingerprint density at radius 2 is 1.80 bits per heavy atom. The van der Waals surface area contributed by atoms with E-state index in [9.17, 15) is 4.79 Å². The van der Waals surface area contributed by atoms with Gasteiger partial charge in [-0.05, 0) is 51.2 Å². The quantitative estimate of drug-likeness (QED) is 0.841. The number of rotatable bonds is 4. The van der Waals surface area contributed by atoms with E-state index < -0.39 is 0 Å². The topological polar surface area (TPSA) is 63.2 Å². The molecule has 0 spiro atoms. The van der Waals surface area contributed by atoms with Crippen molar-refractivity contribution in [2.24, 2.45) is 5.92 Å². The van der Waals surface area contributed by atoms with Crippen LogP contribution in [0.1, 0.15) is 32.3 Å². The molecular formula is C20H28N4O. The van der Waals surface area contributed by atoms with Gasteiger partial charge < -0.3 is 20.2 Å². The van der Waals surface area contributed by atoms with Crippen LogP contribution in [0.25, 0.3) is 10.8 Å². The summed E-state index contributed by atoms with van der Waals surface area (Å²) >= 11 is 0. The minimum Gasteiger partial charge on any atom is -0.364 e. The second-order valence-corrected chi connectivity index (χ2v) is 7.44. The number of aromatic nitrogens is 1. The number of piperidine rings is 1. The van der Waals surface area contributed by atoms with Gasteiger partial charge in [-0.2, -0.15) is 0 Å². The number of fused-ring (bicyclic) bond motifs is 1. The minimum atomic E-state index is -0.0922. The van der Waals surface area contributed by atoms with Crippen molar-refractivity contribution in [1.29, 1.82) is 5.41 Å². The summed E-state index contributed by atoms with van der Waals surface area (Å²) in [6.07, 6.45) is 1.99. The van der Waals surface area contributed by atoms with Gasteiger partial charge in [-0.3, -0.25) is 4.79 Å². The van der Waals surface area contributed by atoms with E-state index in [1.165, 1.54) is 0 Å². The molecule has 0 atom stereocenters. The van der Waals surface area contributed by atoms with Gasteiger partial charge in [-0.15, -0.1) is 0 Å². The molecule has 0 saturated carbocycles. The van der Waals surface area contributed by atoms with Crippen molar-refractivity contribution in [2.75, 3.05) is 32.1 Å². The van der Waals surface area contributed by atoms with Gasteiger partial charge in [0.25, 0.3) is 5.56 Å². The Morgan fingerprint density at radius 1 is 1.20 bits per heavy atom. The van der Waals surface area contributed by atoms with Crippen molar-refractivity contribution in [2.45, 2.75) is 32.7 Å². The molecular weight excluding hydrogens is 312 g/mol. The summed E-state index contributed by atoms with van der Waals surface area (Å²) in [6, 6.07) is 8.18. The second kappa shape index (κ2) is 7.00. The minimum absolute atomic E-state index is 0.0922. The number of nitrogens with one attached hydrogen (secondary N) is 2. The zero-order chi connectivity index (χ0) is 18.1. The average molecular weight is 340 g/mol. The first-order valence-electron chi connectivity index (χ1n) is 9.05. The lowest BCUT2D eigenvalue weighted by Crippen LogP contribution is -2.40. The first-order chi connectivity index (χ1) is 11.9. The third kappa shape index (κ3) is 3.33. The van der Waals surface area contributed by atoms with Crippen LogP contribution in [0.3, 0.4) is 0 Å². The Balaban J connectivity index is 2.03. The number of anilines is 1. The summed E-state index contributed by atoms with van der Waals surface area (Å²) in [5, 5.41) is 10.5. The molecule has 0 unspecified atom stereocenters. The second-order valence-electron chi connectivity index (χ2n) is 7.44. The molecule has 2 N–H and O–H groups in total. The van der Waals surface area contributed by atoms with Crippen molar-refractivity contribution >= 4 is 22.3 Å². The molecule has 0 aliphatic carbocycles. The predicted molar refractivity (Wildman–Crippen MR) is 105 cm³/mol. The highest BCUT2D eigenvalue weighted by Gasteiger charge is 2.27. The molecule has 1 saturated heterocycles. The average Bonchev–Trinajstić information content (AvgIpc) is 2.61. The highest BCUT2D eigenvalue weighted by Crippen LogP contribution is 2.30. The number of hydrogen-bond acceptors (Lipinski definition) is 4. The van der Waals surface area contributed by atoms with Gasteiger partial charge in [0, 0.05) is 42.7 Å². The van der Waals surface area contributed by atoms with E-state index in [4.69, 9.17) is 5.41 Å². The van der Waals surface area contributed by atoms with Crippen LogP contribution in [0, 0.1) is 11.3 Å². The fourth-order valence-corrected chi connectivity index (χ4v) is 3.78. The molecule has 25 heavy (non-hydrogen) atoms. The highest BCUT2D eigenvalue weighted by molar-refractivity contribution is 6.13. The number of pyridine rings is 1. The summed E-state index contributed by atoms with van der Waals surface area (Å²) in [7, 11) is 3.83. The van der Waals surface area contributed by atoms with E-state index in [0.29, 0.717) is 17.1 Å². The zero-order valence-corrected chi connectivity index (χ0v) is 15.6. The fraction of sp³-hybridized carbons (Fsp3) is 0.500. The lowest BCUT2D eigenvalue weighted by atomic mass is 9.86. The van der Waals surface area contributed by atoms with Crippen LogP contribution in [0.5, 0.6) is 0 Å². The number of likely N-dealkylation sites (tertiary alicyclic amines) is 1. The maximum absolute atomic E-state index is 12.4. The molecule has 0 radical (unpaired) electrons. The van der Waals surface area contributed by atoms with Gasteiger partial charge >= 0.3 is 0 Å². The van der Waals surface area contributed by atoms with Crippen LogP contribution in [0.15, 0.2) is 29.1 Å². The van der Waals surface area contributed by atoms with E-state index in [-0.39, 0.29) is 11.5 Å². The number of H-pyrrole nitrogens is 1. The van der Waals surface area contributed by atoms with Crippen molar-refractivity contribution in [3.05, 3.63) is 40.2 Å². The monoisotopic (exact) mass is 340 g/mol. The van der Waals surface area contributed by atoms with Crippen LogP contribution < -0.4 is 10.5 Å². The van der Waals surface area contributed by atoms with E-state index in [0.717, 1.165) is 42.7 Å². The number of benzene rings is 1. The smallest absolute Gasteiger partial charge is 0.257 e. The van der Waals surface area contributed by atoms with Crippen molar-refractivity contribution in [3.8, 4) is 0 Å². The van der Waals surface area contributed by atoms with Crippen molar-refractivity contribution in [1.82, 2.24) is 9.88 Å². The fourth-order valence-electron chi connectivity index (χ4n) is 3.78. The Kier molecular flexibility index (Phi) is 4.95. The third-order valence-electron chi connectivity index (χ3n) is 5.29. The number of aromatic amines is 1. The lowest BCUT2D eigenvalue weighted by molar-refractivity contribution is 0.169. The zero-order valence-electron chi connectivity index (χ0n) is 15.6. The van der Waals surface area contributed by atoms with Gasteiger partial charge in [-0.1, -0.05) is 18.2 Å². The highest BCUT2D eigenvalue weighted by atomic mass is 16.1. The van der Waals surface area contributed by atoms with E-state index in [1.54, 1.807) is 0 Å². The molecule has 5 heteroatoms. The van der Waals surface area contributed by atoms with Crippen LogP contribution in [0.4, 0.5) is 5.82 Å². The van der Waals surface area contributed by atoms with Gasteiger partial charge in [0.1, 0.15) is 5.82 Å². The molecule has 2 heterocycles. The molecule has 0 bridgehead atoms. The molecule has 1 aromatic heterocycles. The first-order valence-corrected chi connectivity index (χ1v) is 9.05. The van der Waals surface area contributed by atoms with Crippen LogP contribution >= 0.6 is 0 Å². The van der Waals surface area contributed by atoms with Gasteiger partial charge in [0.2, 0.25) is 0 Å². The van der Waals surface area contributed by atoms with Crippen molar-refractivity contribution < 1.29 is 0 Å². The molecule has 1 fully saturated rings. The van der Waals surface area contributed by atoms with E-state index >= 15 is 0 Å². The largest absolute Gasteiger partial charge is 0.364 e. The van der Waals surface area contributed by atoms with E-state index in [2.05, 4.69) is 23.7 Å². The van der Waals surface area contributed by atoms with Crippen molar-refractivity contribution in [3.63, 3.8) is 0 Å². The molecule has 1 aliphatic heterocycles. The Bertz CT molecular complexity index is 829. The summed E-state index contributed by atoms with van der Waals surface area (Å²) in [6.45, 7) is 6.52. The molecule has 2 aromatic rings. The molecule has 1 aromatic carbocycles. The lowest BCUT2D eigenvalue weighted by Gasteiger charge is -2.35. The Morgan fingerprint density at radius 3 is 2.36 bits per heavy atom. The van der Waals surface area contributed by atoms with Crippen LogP contribution in [0.2, 0.25) is 0 Å². The molecule has 1 aliphatic rings. The molecule has 3 rings (SSSR count). The Labute approximate surface area is 149 Å². The molecule has 0 amide bonds. The van der Waals surface area contributed by atoms with Gasteiger partial charge in [-0.25, -0.2) is 0 Å². The third-order valence-corrected chi connectivity index (χ3v) is 5.29. The maximum Gasteiger partial charge on any atom is 0.257 e. The maximum atomic E-state index is 12.4. The first kappa shape index (κ1) is 17.7. The summed E-state index contributed by atoms with van der Waals surface area (Å²) in [5.41, 5.74) is 1.44. The summed E-state index contributed by atoms with van der Waals surface area (Å²) in [4.78, 5) is 19.8. The molecule has 5 nitrogen and oxygen atoms in total. The molecule has 134 valence electrons. The number of nitrogens with zero attached hydrogens (tertiary/aromatic N) is 2.